The highest BCUT2D eigenvalue weighted by molar-refractivity contribution is 5.93. The van der Waals surface area contributed by atoms with Crippen LogP contribution >= 0.6 is 0 Å². The van der Waals surface area contributed by atoms with Crippen LogP contribution in [0.3, 0.4) is 0 Å². The highest BCUT2D eigenvalue weighted by atomic mass is 16.7. The van der Waals surface area contributed by atoms with Crippen molar-refractivity contribution >= 4 is 17.8 Å². The molecule has 0 unspecified atom stereocenters. The number of nitrogens with one attached hydrogen (secondary N) is 5. The number of amides is 2. The summed E-state index contributed by atoms with van der Waals surface area (Å²) in [5.74, 6) is -0.340. The van der Waals surface area contributed by atoms with Crippen LogP contribution in [0.4, 0.5) is 0 Å². The Morgan fingerprint density at radius 3 is 2.36 bits per heavy atom. The maximum Gasteiger partial charge on any atom is 0.251 e. The number of carbonyl (C=O) groups excluding carboxylic acids is 2. The maximum absolute atomic E-state index is 13.5. The van der Waals surface area contributed by atoms with E-state index in [1.165, 1.54) is 0 Å². The van der Waals surface area contributed by atoms with E-state index in [4.69, 9.17) is 5.41 Å². The third-order valence-corrected chi connectivity index (χ3v) is 6.04. The summed E-state index contributed by atoms with van der Waals surface area (Å²) in [6.07, 6.45) is 5.05. The Morgan fingerprint density at radius 1 is 1.09 bits per heavy atom. The molecule has 2 rings (SSSR count). The van der Waals surface area contributed by atoms with Crippen LogP contribution in [0.15, 0.2) is 30.3 Å². The Labute approximate surface area is 194 Å². The molecule has 0 heterocycles. The molecule has 1 aromatic rings. The van der Waals surface area contributed by atoms with Gasteiger partial charge in [-0.3, -0.25) is 15.0 Å². The van der Waals surface area contributed by atoms with Crippen LogP contribution in [-0.4, -0.2) is 41.9 Å². The van der Waals surface area contributed by atoms with E-state index in [2.05, 4.69) is 29.8 Å². The Morgan fingerprint density at radius 2 is 1.76 bits per heavy atom. The lowest BCUT2D eigenvalue weighted by atomic mass is 9.77. The van der Waals surface area contributed by atoms with Gasteiger partial charge >= 0.3 is 0 Å². The van der Waals surface area contributed by atoms with Crippen molar-refractivity contribution in [1.29, 1.82) is 5.41 Å². The molecule has 182 valence electrons. The normalized spacial score (nSPS) is 15.5. The first-order valence-electron chi connectivity index (χ1n) is 11.6. The first-order chi connectivity index (χ1) is 15.7. The van der Waals surface area contributed by atoms with Crippen LogP contribution in [0.2, 0.25) is 0 Å². The monoisotopic (exact) mass is 460 g/mol. The Bertz CT molecular complexity index is 808. The van der Waals surface area contributed by atoms with Crippen LogP contribution in [0.5, 0.6) is 0 Å². The van der Waals surface area contributed by atoms with E-state index in [-0.39, 0.29) is 18.4 Å². The number of hydrogen-bond donors (Lipinski definition) is 5. The molecule has 0 radical (unpaired) electrons. The maximum atomic E-state index is 13.5. The van der Waals surface area contributed by atoms with Crippen molar-refractivity contribution < 1.29 is 14.6 Å². The molecule has 0 aliphatic heterocycles. The summed E-state index contributed by atoms with van der Waals surface area (Å²) in [6.45, 7) is 4.95. The van der Waals surface area contributed by atoms with Gasteiger partial charge in [-0.1, -0.05) is 62.4 Å². The molecular formula is C23H36N6O4. The van der Waals surface area contributed by atoms with Crippen LogP contribution in [-0.2, 0) is 15.0 Å². The van der Waals surface area contributed by atoms with Crippen molar-refractivity contribution in [2.75, 3.05) is 13.1 Å². The number of hydrogen-bond acceptors (Lipinski definition) is 5. The average Bonchev–Trinajstić information content (AvgIpc) is 3.27. The van der Waals surface area contributed by atoms with E-state index >= 15 is 0 Å². The first kappa shape index (κ1) is 26.1. The number of guanidine groups is 1. The zero-order chi connectivity index (χ0) is 24.3. The highest BCUT2D eigenvalue weighted by Gasteiger charge is 2.43. The van der Waals surface area contributed by atoms with Gasteiger partial charge < -0.3 is 16.0 Å². The first-order valence-corrected chi connectivity index (χ1v) is 11.6. The molecule has 5 N–H and O–H groups in total. The second-order valence-corrected chi connectivity index (χ2v) is 8.97. The number of hydrazine groups is 1. The molecule has 0 bridgehead atoms. The average molecular weight is 461 g/mol. The lowest BCUT2D eigenvalue weighted by Crippen LogP contribution is -2.53. The van der Waals surface area contributed by atoms with Crippen LogP contribution in [0.1, 0.15) is 64.4 Å². The van der Waals surface area contributed by atoms with Crippen LogP contribution < -0.4 is 21.4 Å². The zero-order valence-corrected chi connectivity index (χ0v) is 19.5. The van der Waals surface area contributed by atoms with Crippen molar-refractivity contribution in [2.24, 2.45) is 5.92 Å². The van der Waals surface area contributed by atoms with Gasteiger partial charge in [0.25, 0.3) is 5.96 Å². The molecule has 1 saturated carbocycles. The molecule has 10 nitrogen and oxygen atoms in total. The minimum absolute atomic E-state index is 0.133. The minimum Gasteiger partial charge on any atom is -0.354 e. The third-order valence-electron chi connectivity index (χ3n) is 6.04. The number of benzene rings is 1. The molecule has 1 atom stereocenters. The van der Waals surface area contributed by atoms with E-state index in [0.29, 0.717) is 25.3 Å². The summed E-state index contributed by atoms with van der Waals surface area (Å²) in [4.78, 5) is 36.8. The summed E-state index contributed by atoms with van der Waals surface area (Å²) in [5, 5.41) is 25.6. The number of nitrogens with zero attached hydrogens (tertiary/aromatic N) is 1. The van der Waals surface area contributed by atoms with E-state index < -0.39 is 22.4 Å². The molecule has 33 heavy (non-hydrogen) atoms. The Balaban J connectivity index is 2.05. The standard InChI is InChI=1S/C23H36N6O4/c1-17(2)12-16-25-20(30)19(11-8-15-26-22(24)28-29(32)33)27-21(31)23(13-6-7-14-23)18-9-4-3-5-10-18/h3-5,9-10,17,19H,6-8,11-16H2,1-2H3,(H,25,30)(H,27,31)(H3,24,26,28)/t19-/m0/s1. The zero-order valence-electron chi connectivity index (χ0n) is 19.5. The summed E-state index contributed by atoms with van der Waals surface area (Å²) in [7, 11) is 0. The molecule has 2 amide bonds. The fraction of sp³-hybridized carbons (Fsp3) is 0.609. The van der Waals surface area contributed by atoms with Crippen molar-refractivity contribution in [3.8, 4) is 0 Å². The second kappa shape index (κ2) is 12.8. The Kier molecular flexibility index (Phi) is 10.1. The van der Waals surface area contributed by atoms with Gasteiger partial charge in [-0.15, -0.1) is 0 Å². The molecule has 1 aromatic carbocycles. The number of carbonyl (C=O) groups is 2. The van der Waals surface area contributed by atoms with E-state index in [0.717, 1.165) is 37.7 Å². The smallest absolute Gasteiger partial charge is 0.251 e. The topological polar surface area (TPSA) is 149 Å². The molecule has 0 spiro atoms. The molecule has 0 aromatic heterocycles. The molecule has 1 aliphatic carbocycles. The summed E-state index contributed by atoms with van der Waals surface area (Å²) >= 11 is 0. The molecule has 10 heteroatoms. The summed E-state index contributed by atoms with van der Waals surface area (Å²) < 4.78 is 0. The van der Waals surface area contributed by atoms with Gasteiger partial charge in [-0.2, -0.15) is 0 Å². The van der Waals surface area contributed by atoms with E-state index in [1.54, 1.807) is 5.43 Å². The fourth-order valence-electron chi connectivity index (χ4n) is 4.21. The molecule has 1 fully saturated rings. The second-order valence-electron chi connectivity index (χ2n) is 8.97. The van der Waals surface area contributed by atoms with Crippen LogP contribution in [0, 0.1) is 21.4 Å². The third kappa shape index (κ3) is 8.03. The molecular weight excluding hydrogens is 424 g/mol. The summed E-state index contributed by atoms with van der Waals surface area (Å²) in [6, 6.07) is 9.01. The van der Waals surface area contributed by atoms with Gasteiger partial charge in [-0.25, -0.2) is 10.1 Å². The quantitative estimate of drug-likeness (QED) is 0.106. The van der Waals surface area contributed by atoms with E-state index in [1.807, 2.05) is 30.3 Å². The highest BCUT2D eigenvalue weighted by Crippen LogP contribution is 2.41. The fourth-order valence-corrected chi connectivity index (χ4v) is 4.21. The SMILES string of the molecule is CC(C)CCNC(=O)[C@H](CCCNC(=N)N[N+](=O)[O-])NC(=O)C1(c2ccccc2)CCCC1. The lowest BCUT2D eigenvalue weighted by molar-refractivity contribution is -0.525. The van der Waals surface area contributed by atoms with Crippen molar-refractivity contribution in [3.63, 3.8) is 0 Å². The van der Waals surface area contributed by atoms with Gasteiger partial charge in [0, 0.05) is 13.1 Å². The van der Waals surface area contributed by atoms with Crippen LogP contribution in [0.25, 0.3) is 0 Å². The lowest BCUT2D eigenvalue weighted by Gasteiger charge is -2.30. The predicted molar refractivity (Wildman–Crippen MR) is 126 cm³/mol. The molecule has 0 saturated heterocycles. The van der Waals surface area contributed by atoms with Gasteiger partial charge in [-0.05, 0) is 43.6 Å². The number of nitro groups is 1. The largest absolute Gasteiger partial charge is 0.354 e. The number of rotatable bonds is 12. The minimum atomic E-state index is -0.814. The van der Waals surface area contributed by atoms with Crippen molar-refractivity contribution in [3.05, 3.63) is 46.0 Å². The van der Waals surface area contributed by atoms with Gasteiger partial charge in [0.05, 0.1) is 5.41 Å². The summed E-state index contributed by atoms with van der Waals surface area (Å²) in [5.41, 5.74) is 2.07. The van der Waals surface area contributed by atoms with Crippen molar-refractivity contribution in [1.82, 2.24) is 21.4 Å². The van der Waals surface area contributed by atoms with E-state index in [9.17, 15) is 19.7 Å². The Hall–Kier alpha value is -3.17. The molecule has 1 aliphatic rings. The predicted octanol–water partition coefficient (Wildman–Crippen LogP) is 2.23. The van der Waals surface area contributed by atoms with Crippen molar-refractivity contribution in [2.45, 2.75) is 70.3 Å². The van der Waals surface area contributed by atoms with Gasteiger partial charge in [0.15, 0.2) is 5.03 Å². The van der Waals surface area contributed by atoms with Gasteiger partial charge in [0.2, 0.25) is 11.8 Å². The van der Waals surface area contributed by atoms with Gasteiger partial charge in [0.1, 0.15) is 6.04 Å².